The first kappa shape index (κ1) is 17.8. The number of ether oxygens (including phenoxy) is 1. The molecular weight excluding hydrogens is 251 g/mol. The third-order valence-corrected chi connectivity index (χ3v) is 3.69. The van der Waals surface area contributed by atoms with Crippen LogP contribution in [-0.2, 0) is 9.53 Å². The van der Waals surface area contributed by atoms with Crippen molar-refractivity contribution in [2.24, 2.45) is 0 Å². The number of carbonyl (C=O) groups excluding carboxylic acids is 1. The Morgan fingerprint density at radius 2 is 1.94 bits per heavy atom. The van der Waals surface area contributed by atoms with Gasteiger partial charge in [0.25, 0.3) is 0 Å². The molecule has 0 aromatic carbocycles. The first-order valence-corrected chi connectivity index (χ1v) is 7.86. The van der Waals surface area contributed by atoms with Crippen LogP contribution in [0.2, 0.25) is 0 Å². The topological polar surface area (TPSA) is 26.3 Å². The summed E-state index contributed by atoms with van der Waals surface area (Å²) in [5.41, 5.74) is -0.444. The Bertz CT molecular complexity index is 216. The van der Waals surface area contributed by atoms with E-state index in [0.717, 1.165) is 25.7 Å². The summed E-state index contributed by atoms with van der Waals surface area (Å²) in [5, 5.41) is -0.137. The van der Waals surface area contributed by atoms with E-state index < -0.39 is 5.60 Å². The van der Waals surface area contributed by atoms with Crippen LogP contribution in [0.5, 0.6) is 0 Å². The SMILES string of the molecule is CCCCCC(SCCCF)C(=O)OC(C)(C)C. The second-order valence-electron chi connectivity index (χ2n) is 5.43. The lowest BCUT2D eigenvalue weighted by molar-refractivity contribution is -0.154. The van der Waals surface area contributed by atoms with Crippen molar-refractivity contribution < 1.29 is 13.9 Å². The van der Waals surface area contributed by atoms with Crippen molar-refractivity contribution in [1.82, 2.24) is 0 Å². The molecule has 0 spiro atoms. The second-order valence-corrected chi connectivity index (χ2v) is 6.74. The zero-order chi connectivity index (χ0) is 14.0. The van der Waals surface area contributed by atoms with E-state index in [1.54, 1.807) is 0 Å². The molecule has 0 N–H and O–H groups in total. The zero-order valence-corrected chi connectivity index (χ0v) is 12.9. The summed E-state index contributed by atoms with van der Waals surface area (Å²) >= 11 is 1.53. The summed E-state index contributed by atoms with van der Waals surface area (Å²) < 4.78 is 17.5. The molecule has 0 aliphatic heterocycles. The van der Waals surface area contributed by atoms with Gasteiger partial charge >= 0.3 is 5.97 Å². The highest BCUT2D eigenvalue weighted by molar-refractivity contribution is 8.00. The number of thioether (sulfide) groups is 1. The molecule has 0 heterocycles. The van der Waals surface area contributed by atoms with Gasteiger partial charge in [-0.15, -0.1) is 11.8 Å². The molecule has 0 saturated heterocycles. The van der Waals surface area contributed by atoms with Crippen LogP contribution in [0.4, 0.5) is 4.39 Å². The highest BCUT2D eigenvalue weighted by Crippen LogP contribution is 2.22. The van der Waals surface area contributed by atoms with E-state index >= 15 is 0 Å². The lowest BCUT2D eigenvalue weighted by atomic mass is 10.1. The van der Waals surface area contributed by atoms with Crippen LogP contribution in [0.25, 0.3) is 0 Å². The first-order chi connectivity index (χ1) is 8.40. The van der Waals surface area contributed by atoms with Gasteiger partial charge in [0.1, 0.15) is 10.9 Å². The monoisotopic (exact) mass is 278 g/mol. The zero-order valence-electron chi connectivity index (χ0n) is 12.1. The minimum atomic E-state index is -0.444. The molecule has 0 radical (unpaired) electrons. The van der Waals surface area contributed by atoms with Crippen molar-refractivity contribution >= 4 is 17.7 Å². The van der Waals surface area contributed by atoms with E-state index in [2.05, 4.69) is 6.92 Å². The van der Waals surface area contributed by atoms with Crippen LogP contribution in [-0.4, -0.2) is 29.2 Å². The minimum absolute atomic E-state index is 0.137. The van der Waals surface area contributed by atoms with E-state index in [0.29, 0.717) is 12.2 Å². The van der Waals surface area contributed by atoms with Crippen molar-refractivity contribution in [3.05, 3.63) is 0 Å². The molecule has 4 heteroatoms. The van der Waals surface area contributed by atoms with Gasteiger partial charge in [-0.05, 0) is 39.4 Å². The molecule has 0 aliphatic rings. The van der Waals surface area contributed by atoms with Crippen molar-refractivity contribution in [3.63, 3.8) is 0 Å². The van der Waals surface area contributed by atoms with E-state index in [-0.39, 0.29) is 17.9 Å². The highest BCUT2D eigenvalue weighted by Gasteiger charge is 2.24. The molecule has 2 nitrogen and oxygen atoms in total. The average Bonchev–Trinajstić information content (AvgIpc) is 2.25. The molecule has 18 heavy (non-hydrogen) atoms. The molecule has 0 aliphatic carbocycles. The van der Waals surface area contributed by atoms with Gasteiger partial charge in [-0.1, -0.05) is 26.2 Å². The number of alkyl halides is 1. The fourth-order valence-corrected chi connectivity index (χ4v) is 2.57. The van der Waals surface area contributed by atoms with E-state index in [1.807, 2.05) is 20.8 Å². The van der Waals surface area contributed by atoms with Crippen molar-refractivity contribution in [2.45, 2.75) is 70.7 Å². The summed E-state index contributed by atoms with van der Waals surface area (Å²) in [6.07, 6.45) is 4.64. The molecule has 108 valence electrons. The van der Waals surface area contributed by atoms with Crippen LogP contribution in [0.15, 0.2) is 0 Å². The van der Waals surface area contributed by atoms with Gasteiger partial charge in [-0.25, -0.2) is 0 Å². The summed E-state index contributed by atoms with van der Waals surface area (Å²) in [6, 6.07) is 0. The molecule has 1 atom stereocenters. The quantitative estimate of drug-likeness (QED) is 0.463. The van der Waals surface area contributed by atoms with Crippen LogP contribution in [0, 0.1) is 0 Å². The van der Waals surface area contributed by atoms with Crippen LogP contribution >= 0.6 is 11.8 Å². The van der Waals surface area contributed by atoms with Gasteiger partial charge in [0.05, 0.1) is 6.67 Å². The molecule has 0 amide bonds. The number of hydrogen-bond donors (Lipinski definition) is 0. The lowest BCUT2D eigenvalue weighted by Crippen LogP contribution is -2.30. The Morgan fingerprint density at radius 3 is 2.44 bits per heavy atom. The molecule has 0 aromatic heterocycles. The number of unbranched alkanes of at least 4 members (excludes halogenated alkanes) is 2. The van der Waals surface area contributed by atoms with Crippen LogP contribution in [0.1, 0.15) is 59.8 Å². The third kappa shape index (κ3) is 9.75. The van der Waals surface area contributed by atoms with Gasteiger partial charge in [0.15, 0.2) is 0 Å². The molecule has 1 unspecified atom stereocenters. The maximum Gasteiger partial charge on any atom is 0.319 e. The van der Waals surface area contributed by atoms with E-state index in [1.165, 1.54) is 11.8 Å². The number of carbonyl (C=O) groups is 1. The summed E-state index contributed by atoms with van der Waals surface area (Å²) in [5.74, 6) is 0.537. The van der Waals surface area contributed by atoms with Gasteiger partial charge in [0, 0.05) is 0 Å². The Morgan fingerprint density at radius 1 is 1.28 bits per heavy atom. The van der Waals surface area contributed by atoms with Gasteiger partial charge < -0.3 is 4.74 Å². The maximum absolute atomic E-state index is 12.1. The fourth-order valence-electron chi connectivity index (χ4n) is 1.50. The van der Waals surface area contributed by atoms with Crippen LogP contribution < -0.4 is 0 Å². The predicted molar refractivity (Wildman–Crippen MR) is 76.8 cm³/mol. The normalized spacial score (nSPS) is 13.4. The Hall–Kier alpha value is -0.250. The summed E-state index contributed by atoms with van der Waals surface area (Å²) in [6.45, 7) is 7.45. The minimum Gasteiger partial charge on any atom is -0.459 e. The third-order valence-electron chi connectivity index (χ3n) is 2.34. The van der Waals surface area contributed by atoms with Gasteiger partial charge in [-0.3, -0.25) is 9.18 Å². The Balaban J connectivity index is 4.20. The highest BCUT2D eigenvalue weighted by atomic mass is 32.2. The predicted octanol–water partition coefficient (Wildman–Crippen LogP) is 4.37. The van der Waals surface area contributed by atoms with Crippen molar-refractivity contribution in [1.29, 1.82) is 0 Å². The standard InChI is InChI=1S/C14H27FO2S/c1-5-6-7-9-12(18-11-8-10-15)13(16)17-14(2,3)4/h12H,5-11H2,1-4H3. The molecule has 0 rings (SSSR count). The van der Waals surface area contributed by atoms with Gasteiger partial charge in [-0.2, -0.15) is 0 Å². The van der Waals surface area contributed by atoms with Gasteiger partial charge in [0.2, 0.25) is 0 Å². The van der Waals surface area contributed by atoms with Crippen molar-refractivity contribution in [2.75, 3.05) is 12.4 Å². The van der Waals surface area contributed by atoms with E-state index in [9.17, 15) is 9.18 Å². The smallest absolute Gasteiger partial charge is 0.319 e. The van der Waals surface area contributed by atoms with Crippen molar-refractivity contribution in [3.8, 4) is 0 Å². The number of esters is 1. The molecule has 0 aromatic rings. The second kappa shape index (κ2) is 9.65. The molecule has 0 bridgehead atoms. The largest absolute Gasteiger partial charge is 0.459 e. The molecule has 0 fully saturated rings. The lowest BCUT2D eigenvalue weighted by Gasteiger charge is -2.23. The Kier molecular flexibility index (Phi) is 9.52. The summed E-state index contributed by atoms with van der Waals surface area (Å²) in [4.78, 5) is 12.0. The number of halogens is 1. The van der Waals surface area contributed by atoms with E-state index in [4.69, 9.17) is 4.74 Å². The molecular formula is C14H27FO2S. The summed E-state index contributed by atoms with van der Waals surface area (Å²) in [7, 11) is 0. The van der Waals surface area contributed by atoms with Crippen LogP contribution in [0.3, 0.4) is 0 Å². The Labute approximate surface area is 115 Å². The number of rotatable bonds is 9. The average molecular weight is 278 g/mol. The molecule has 0 saturated carbocycles. The number of hydrogen-bond acceptors (Lipinski definition) is 3. The maximum atomic E-state index is 12.1. The fraction of sp³-hybridized carbons (Fsp3) is 0.929. The first-order valence-electron chi connectivity index (χ1n) is 6.81.